The molecule has 3 rings (SSSR count). The number of aliphatic carboxylic acids is 1. The lowest BCUT2D eigenvalue weighted by Gasteiger charge is -2.19. The molecule has 1 N–H and O–H groups in total. The predicted molar refractivity (Wildman–Crippen MR) is 117 cm³/mol. The summed E-state index contributed by atoms with van der Waals surface area (Å²) in [5.74, 6) is -1.44. The third-order valence-corrected chi connectivity index (χ3v) is 5.76. The van der Waals surface area contributed by atoms with Crippen LogP contribution < -0.4 is 4.90 Å². The monoisotopic (exact) mass is 412 g/mol. The van der Waals surface area contributed by atoms with Crippen LogP contribution in [-0.2, 0) is 16.0 Å². The van der Waals surface area contributed by atoms with E-state index in [1.54, 1.807) is 6.08 Å². The first kappa shape index (κ1) is 20.1. The van der Waals surface area contributed by atoms with Gasteiger partial charge in [-0.05, 0) is 35.8 Å². The van der Waals surface area contributed by atoms with Gasteiger partial charge in [0.2, 0.25) is 0 Å². The minimum Gasteiger partial charge on any atom is -0.480 e. The van der Waals surface area contributed by atoms with Gasteiger partial charge in [-0.25, -0.2) is 0 Å². The Hall–Kier alpha value is -2.64. The number of carbonyl (C=O) groups excluding carboxylic acids is 1. The predicted octanol–water partition coefficient (Wildman–Crippen LogP) is 3.65. The van der Waals surface area contributed by atoms with Crippen LogP contribution in [0.5, 0.6) is 0 Å². The second-order valence-corrected chi connectivity index (χ2v) is 8.09. The van der Waals surface area contributed by atoms with Crippen molar-refractivity contribution in [3.63, 3.8) is 0 Å². The number of amides is 1. The van der Waals surface area contributed by atoms with E-state index in [9.17, 15) is 9.59 Å². The van der Waals surface area contributed by atoms with Crippen LogP contribution in [0.2, 0.25) is 0 Å². The summed E-state index contributed by atoms with van der Waals surface area (Å²) in [7, 11) is 2.05. The topological polar surface area (TPSA) is 60.9 Å². The highest BCUT2D eigenvalue weighted by Crippen LogP contribution is 2.32. The first-order valence-electron chi connectivity index (χ1n) is 8.76. The van der Waals surface area contributed by atoms with Gasteiger partial charge in [0.1, 0.15) is 10.9 Å². The average molecular weight is 413 g/mol. The summed E-state index contributed by atoms with van der Waals surface area (Å²) in [4.78, 5) is 26.9. The fourth-order valence-corrected chi connectivity index (χ4v) is 4.07. The summed E-state index contributed by atoms with van der Waals surface area (Å²) in [6.07, 6.45) is 2.71. The molecule has 1 aliphatic heterocycles. The van der Waals surface area contributed by atoms with Gasteiger partial charge in [-0.2, -0.15) is 0 Å². The number of hydrogen-bond donors (Lipinski definition) is 1. The van der Waals surface area contributed by atoms with Crippen molar-refractivity contribution in [1.82, 2.24) is 4.90 Å². The molecule has 0 radical (unpaired) electrons. The molecule has 1 heterocycles. The molecular formula is C21H20N2O3S2. The molecule has 0 saturated carbocycles. The molecule has 5 nitrogen and oxygen atoms in total. The number of anilines is 1. The number of carboxylic acid groups (broad SMARTS) is 1. The molecule has 0 aliphatic carbocycles. The van der Waals surface area contributed by atoms with Gasteiger partial charge in [0, 0.05) is 19.3 Å². The molecule has 1 fully saturated rings. The SMILES string of the molecule is CN(CCc1ccccc1)c1ccc(/C=C2\SC(=S)N(CC(=O)O)C2=O)cc1. The zero-order chi connectivity index (χ0) is 20.1. The van der Waals surface area contributed by atoms with E-state index in [1.165, 1.54) is 5.56 Å². The number of hydrogen-bond acceptors (Lipinski definition) is 5. The van der Waals surface area contributed by atoms with Crippen LogP contribution in [0.3, 0.4) is 0 Å². The first-order chi connectivity index (χ1) is 13.4. The quantitative estimate of drug-likeness (QED) is 0.553. The fourth-order valence-electron chi connectivity index (χ4n) is 2.82. The van der Waals surface area contributed by atoms with Crippen LogP contribution in [0.1, 0.15) is 11.1 Å². The minimum atomic E-state index is -1.08. The standard InChI is InChI=1S/C21H20N2O3S2/c1-22(12-11-15-5-3-2-4-6-15)17-9-7-16(8-10-17)13-18-20(26)23(14-19(24)25)21(27)28-18/h2-10,13H,11-12,14H2,1H3,(H,24,25)/b18-13-. The van der Waals surface area contributed by atoms with E-state index >= 15 is 0 Å². The van der Waals surface area contributed by atoms with E-state index in [2.05, 4.69) is 24.1 Å². The number of thioether (sulfide) groups is 1. The van der Waals surface area contributed by atoms with Crippen molar-refractivity contribution in [3.8, 4) is 0 Å². The molecule has 144 valence electrons. The highest BCUT2D eigenvalue weighted by Gasteiger charge is 2.33. The number of carboxylic acids is 1. The van der Waals surface area contributed by atoms with Gasteiger partial charge < -0.3 is 10.0 Å². The van der Waals surface area contributed by atoms with Gasteiger partial charge in [0.25, 0.3) is 5.91 Å². The van der Waals surface area contributed by atoms with Crippen LogP contribution in [-0.4, -0.2) is 46.3 Å². The molecule has 1 aliphatic rings. The maximum atomic E-state index is 12.3. The lowest BCUT2D eigenvalue weighted by atomic mass is 10.1. The summed E-state index contributed by atoms with van der Waals surface area (Å²) in [5.41, 5.74) is 3.26. The molecular weight excluding hydrogens is 392 g/mol. The summed E-state index contributed by atoms with van der Waals surface area (Å²) in [5, 5.41) is 8.90. The summed E-state index contributed by atoms with van der Waals surface area (Å²) < 4.78 is 0.274. The average Bonchev–Trinajstić information content (AvgIpc) is 2.94. The van der Waals surface area contributed by atoms with E-state index in [-0.39, 0.29) is 10.2 Å². The molecule has 1 saturated heterocycles. The van der Waals surface area contributed by atoms with Gasteiger partial charge in [0.05, 0.1) is 4.91 Å². The largest absolute Gasteiger partial charge is 0.480 e. The number of rotatable bonds is 7. The minimum absolute atomic E-state index is 0.274. The zero-order valence-corrected chi connectivity index (χ0v) is 17.0. The molecule has 0 bridgehead atoms. The van der Waals surface area contributed by atoms with Crippen molar-refractivity contribution in [2.24, 2.45) is 0 Å². The van der Waals surface area contributed by atoms with E-state index in [0.717, 1.165) is 40.9 Å². The fraction of sp³-hybridized carbons (Fsp3) is 0.190. The van der Waals surface area contributed by atoms with Gasteiger partial charge in [-0.3, -0.25) is 14.5 Å². The molecule has 0 unspecified atom stereocenters. The number of carbonyl (C=O) groups is 2. The molecule has 7 heteroatoms. The van der Waals surface area contributed by atoms with E-state index < -0.39 is 12.5 Å². The van der Waals surface area contributed by atoms with Crippen LogP contribution in [0, 0.1) is 0 Å². The summed E-state index contributed by atoms with van der Waals surface area (Å²) in [6.45, 7) is 0.490. The number of likely N-dealkylation sites (N-methyl/N-ethyl adjacent to an activating group) is 1. The van der Waals surface area contributed by atoms with Crippen LogP contribution >= 0.6 is 24.0 Å². The Bertz CT molecular complexity index is 911. The van der Waals surface area contributed by atoms with Crippen LogP contribution in [0.15, 0.2) is 59.5 Å². The van der Waals surface area contributed by atoms with Crippen molar-refractivity contribution >= 4 is 51.9 Å². The van der Waals surface area contributed by atoms with Crippen molar-refractivity contribution in [2.75, 3.05) is 25.0 Å². The smallest absolute Gasteiger partial charge is 0.323 e. The van der Waals surface area contributed by atoms with E-state index in [1.807, 2.05) is 42.5 Å². The molecule has 0 aromatic heterocycles. The van der Waals surface area contributed by atoms with Crippen molar-refractivity contribution < 1.29 is 14.7 Å². The Labute approximate surface area is 173 Å². The van der Waals surface area contributed by atoms with Gasteiger partial charge in [0.15, 0.2) is 0 Å². The Morgan fingerprint density at radius 2 is 1.86 bits per heavy atom. The second-order valence-electron chi connectivity index (χ2n) is 6.41. The van der Waals surface area contributed by atoms with E-state index in [4.69, 9.17) is 17.3 Å². The maximum Gasteiger partial charge on any atom is 0.323 e. The molecule has 0 atom stereocenters. The highest BCUT2D eigenvalue weighted by atomic mass is 32.2. The van der Waals surface area contributed by atoms with Crippen LogP contribution in [0.4, 0.5) is 5.69 Å². The molecule has 0 spiro atoms. The lowest BCUT2D eigenvalue weighted by Crippen LogP contribution is -2.33. The zero-order valence-electron chi connectivity index (χ0n) is 15.4. The number of benzene rings is 2. The molecule has 2 aromatic rings. The summed E-state index contributed by atoms with van der Waals surface area (Å²) in [6, 6.07) is 18.3. The highest BCUT2D eigenvalue weighted by molar-refractivity contribution is 8.26. The molecule has 1 amide bonds. The van der Waals surface area contributed by atoms with Crippen molar-refractivity contribution in [1.29, 1.82) is 0 Å². The Balaban J connectivity index is 1.64. The van der Waals surface area contributed by atoms with Crippen molar-refractivity contribution in [3.05, 3.63) is 70.6 Å². The first-order valence-corrected chi connectivity index (χ1v) is 9.99. The maximum absolute atomic E-state index is 12.3. The number of nitrogens with zero attached hydrogens (tertiary/aromatic N) is 2. The van der Waals surface area contributed by atoms with Gasteiger partial charge >= 0.3 is 5.97 Å². The molecule has 28 heavy (non-hydrogen) atoms. The second kappa shape index (κ2) is 9.03. The molecule has 2 aromatic carbocycles. The third-order valence-electron chi connectivity index (χ3n) is 4.38. The van der Waals surface area contributed by atoms with Gasteiger partial charge in [-0.15, -0.1) is 0 Å². The Morgan fingerprint density at radius 3 is 2.50 bits per heavy atom. The van der Waals surface area contributed by atoms with Crippen molar-refractivity contribution in [2.45, 2.75) is 6.42 Å². The van der Waals surface area contributed by atoms with Crippen LogP contribution in [0.25, 0.3) is 6.08 Å². The van der Waals surface area contributed by atoms with E-state index in [0.29, 0.717) is 4.91 Å². The normalized spacial score (nSPS) is 15.3. The Kier molecular flexibility index (Phi) is 6.49. The lowest BCUT2D eigenvalue weighted by molar-refractivity contribution is -0.140. The Morgan fingerprint density at radius 1 is 1.18 bits per heavy atom. The summed E-state index contributed by atoms with van der Waals surface area (Å²) >= 11 is 6.24. The third kappa shape index (κ3) is 4.99. The number of thiocarbonyl (C=S) groups is 1. The van der Waals surface area contributed by atoms with Gasteiger partial charge in [-0.1, -0.05) is 66.4 Å².